The zero-order valence-electron chi connectivity index (χ0n) is 41.5. The summed E-state index contributed by atoms with van der Waals surface area (Å²) in [5.74, 6) is -0.109. The molecule has 2 fully saturated rings. The van der Waals surface area contributed by atoms with Crippen molar-refractivity contribution < 1.29 is 18.3 Å². The van der Waals surface area contributed by atoms with Gasteiger partial charge in [-0.2, -0.15) is 19.0 Å². The van der Waals surface area contributed by atoms with E-state index in [0.717, 1.165) is 109 Å². The molecule has 10 aromatic rings. The number of fused-ring (bicyclic) bond motifs is 4. The van der Waals surface area contributed by atoms with Crippen LogP contribution < -0.4 is 11.5 Å². The summed E-state index contributed by atoms with van der Waals surface area (Å²) in [6, 6.07) is 26.7. The van der Waals surface area contributed by atoms with Crippen LogP contribution in [-0.4, -0.2) is 141 Å². The second-order valence-electron chi connectivity index (χ2n) is 20.0. The smallest absolute Gasteiger partial charge is 0.410 e. The minimum absolute atomic E-state index is 0.307. The number of likely N-dealkylation sites (N-methyl/N-ethyl adjacent to an activating group) is 1. The number of anilines is 2. The predicted molar refractivity (Wildman–Crippen MR) is 283 cm³/mol. The second-order valence-corrected chi connectivity index (χ2v) is 20.0. The van der Waals surface area contributed by atoms with E-state index in [0.29, 0.717) is 67.8 Å². The van der Waals surface area contributed by atoms with Gasteiger partial charge in [-0.05, 0) is 111 Å². The van der Waals surface area contributed by atoms with Gasteiger partial charge in [-0.1, -0.05) is 12.1 Å². The van der Waals surface area contributed by atoms with Gasteiger partial charge in [0.1, 0.15) is 16.9 Å². The van der Waals surface area contributed by atoms with Crippen LogP contribution in [0.5, 0.6) is 0 Å². The number of hydrogen-bond donors (Lipinski definition) is 6. The molecule has 0 aliphatic carbocycles. The van der Waals surface area contributed by atoms with Crippen LogP contribution in [0.25, 0.3) is 88.6 Å². The minimum atomic E-state index is -0.549. The van der Waals surface area contributed by atoms with Gasteiger partial charge in [0.05, 0.1) is 22.4 Å². The first-order chi connectivity index (χ1) is 35.7. The van der Waals surface area contributed by atoms with Crippen LogP contribution in [0.3, 0.4) is 0 Å². The SMILES string of the molecule is CC(C)(C)OC(=O)N1CCN(Cc2cc(-c3cc4c(-c5ccc6[nH]nc(N)c6c5)ccnc4[nH]3)cc(F)n2)CC1.CN1CCN(Cc2cc(-c3cc4c(-c5ccc6[nH]nc(N)c6c5)ccnc4[nH]3)cc(F)n2)CC1. The summed E-state index contributed by atoms with van der Waals surface area (Å²) in [4.78, 5) is 44.9. The summed E-state index contributed by atoms with van der Waals surface area (Å²) in [5, 5.41) is 17.6. The molecular weight excluding hydrogens is 943 g/mol. The summed E-state index contributed by atoms with van der Waals surface area (Å²) in [5.41, 5.74) is 23.0. The van der Waals surface area contributed by atoms with Crippen LogP contribution in [-0.2, 0) is 17.8 Å². The number of hydrogen-bond acceptors (Lipinski definition) is 13. The Morgan fingerprint density at radius 2 is 1.05 bits per heavy atom. The number of H-pyrrole nitrogens is 4. The fourth-order valence-corrected chi connectivity index (χ4v) is 9.73. The van der Waals surface area contributed by atoms with E-state index in [-0.39, 0.29) is 6.09 Å². The third-order valence-electron chi connectivity index (χ3n) is 13.6. The summed E-state index contributed by atoms with van der Waals surface area (Å²) in [6.45, 7) is 13.0. The van der Waals surface area contributed by atoms with Crippen molar-refractivity contribution >= 4 is 61.6 Å². The zero-order chi connectivity index (χ0) is 51.3. The van der Waals surface area contributed by atoms with Gasteiger partial charge in [0, 0.05) is 134 Å². The molecule has 74 heavy (non-hydrogen) atoms. The highest BCUT2D eigenvalue weighted by atomic mass is 19.1. The number of carbonyl (C=O) groups excluding carboxylic acids is 1. The molecule has 8 N–H and O–H groups in total. The molecule has 2 aromatic carbocycles. The van der Waals surface area contributed by atoms with E-state index in [4.69, 9.17) is 16.2 Å². The Bertz CT molecular complexity index is 3690. The average Bonchev–Trinajstić information content (AvgIpc) is 4.19. The lowest BCUT2D eigenvalue weighted by Gasteiger charge is -2.35. The number of piperazine rings is 2. The number of halogens is 2. The highest BCUT2D eigenvalue weighted by Gasteiger charge is 2.27. The van der Waals surface area contributed by atoms with Gasteiger partial charge in [-0.3, -0.25) is 20.0 Å². The van der Waals surface area contributed by atoms with Crippen molar-refractivity contribution in [2.45, 2.75) is 39.5 Å². The Kier molecular flexibility index (Phi) is 12.7. The lowest BCUT2D eigenvalue weighted by Crippen LogP contribution is -2.49. The first-order valence-electron chi connectivity index (χ1n) is 24.5. The molecule has 1 amide bonds. The third kappa shape index (κ3) is 10.2. The number of nitrogens with one attached hydrogen (secondary N) is 4. The van der Waals surface area contributed by atoms with Gasteiger partial charge in [0.15, 0.2) is 11.6 Å². The van der Waals surface area contributed by atoms with E-state index in [9.17, 15) is 13.6 Å². The van der Waals surface area contributed by atoms with Crippen molar-refractivity contribution in [1.29, 1.82) is 0 Å². The van der Waals surface area contributed by atoms with Crippen LogP contribution in [0.15, 0.2) is 97.3 Å². The molecule has 0 spiro atoms. The van der Waals surface area contributed by atoms with E-state index in [1.54, 1.807) is 17.3 Å². The quantitative estimate of drug-likeness (QED) is 0.0785. The topological polar surface area (TPSA) is 232 Å². The molecule has 0 bridgehead atoms. The molecule has 12 rings (SSSR count). The van der Waals surface area contributed by atoms with Gasteiger partial charge in [0.2, 0.25) is 11.9 Å². The van der Waals surface area contributed by atoms with Crippen LogP contribution in [0.1, 0.15) is 32.2 Å². The Morgan fingerprint density at radius 1 is 0.595 bits per heavy atom. The van der Waals surface area contributed by atoms with Crippen molar-refractivity contribution in [3.63, 3.8) is 0 Å². The maximum absolute atomic E-state index is 14.7. The molecular formula is C54H56F2N16O2. The second kappa shape index (κ2) is 19.6. The van der Waals surface area contributed by atoms with Gasteiger partial charge < -0.3 is 36.0 Å². The summed E-state index contributed by atoms with van der Waals surface area (Å²) in [6.07, 6.45) is 3.21. The molecule has 8 aromatic heterocycles. The number of carbonyl (C=O) groups is 1. The molecule has 0 unspecified atom stereocenters. The zero-order valence-corrected chi connectivity index (χ0v) is 41.5. The van der Waals surface area contributed by atoms with Crippen LogP contribution in [0, 0.1) is 11.9 Å². The molecule has 2 aliphatic rings. The van der Waals surface area contributed by atoms with Gasteiger partial charge >= 0.3 is 6.09 Å². The van der Waals surface area contributed by atoms with Crippen LogP contribution >= 0.6 is 0 Å². The highest BCUT2D eigenvalue weighted by Crippen LogP contribution is 2.36. The van der Waals surface area contributed by atoms with Crippen molar-refractivity contribution in [3.05, 3.63) is 121 Å². The molecule has 0 saturated carbocycles. The van der Waals surface area contributed by atoms with Crippen molar-refractivity contribution in [3.8, 4) is 44.8 Å². The Balaban J connectivity index is 0.000000161. The summed E-state index contributed by atoms with van der Waals surface area (Å²) in [7, 11) is 2.12. The van der Waals surface area contributed by atoms with Gasteiger partial charge in [-0.15, -0.1) is 0 Å². The summed E-state index contributed by atoms with van der Waals surface area (Å²) < 4.78 is 34.7. The number of aromatic amines is 4. The molecule has 2 saturated heterocycles. The number of rotatable bonds is 8. The largest absolute Gasteiger partial charge is 0.444 e. The van der Waals surface area contributed by atoms with E-state index in [1.165, 1.54) is 12.1 Å². The molecule has 20 heteroatoms. The van der Waals surface area contributed by atoms with E-state index in [2.05, 4.69) is 72.0 Å². The Labute approximate surface area is 424 Å². The standard InChI is InChI=1S/C29H31FN8O2.C25H25FN8/c1-29(2,3)40-28(39)38-10-8-37(9-11-38)16-19-12-18(14-25(30)33-19)24-15-21-20(6-7-32-27(21)34-24)17-4-5-23-22(13-17)26(31)36-35-23;1-33-6-8-34(9-7-33)14-17-10-16(12-23(26)29-17)22-13-19-18(4-5-28-25(19)30-22)15-2-3-21-20(11-15)24(27)32-31-21/h4-7,12-15H,8-11,16H2,1-3H3,(H,32,34)(H3,31,35,36);2-5,10-13H,6-9,14H2,1H3,(H,28,30)(H3,27,31,32). The van der Waals surface area contributed by atoms with Gasteiger partial charge in [-0.25, -0.2) is 24.7 Å². The third-order valence-corrected chi connectivity index (χ3v) is 13.6. The number of nitrogens with two attached hydrogens (primary N) is 2. The van der Waals surface area contributed by atoms with Gasteiger partial charge in [0.25, 0.3) is 0 Å². The number of benzene rings is 2. The fraction of sp³-hybridized carbons (Fsp3) is 0.278. The Morgan fingerprint density at radius 3 is 1.51 bits per heavy atom. The first kappa shape index (κ1) is 48.0. The van der Waals surface area contributed by atoms with Crippen molar-refractivity contribution in [2.75, 3.05) is 70.9 Å². The number of ether oxygens (including phenoxy) is 1. The van der Waals surface area contributed by atoms with Crippen LogP contribution in [0.4, 0.5) is 25.2 Å². The van der Waals surface area contributed by atoms with Crippen LogP contribution in [0.2, 0.25) is 0 Å². The number of pyridine rings is 4. The minimum Gasteiger partial charge on any atom is -0.444 e. The average molecular weight is 999 g/mol. The fourth-order valence-electron chi connectivity index (χ4n) is 9.73. The predicted octanol–water partition coefficient (Wildman–Crippen LogP) is 8.58. The number of nitrogen functional groups attached to an aromatic ring is 2. The molecule has 10 heterocycles. The molecule has 0 radical (unpaired) electrons. The lowest BCUT2D eigenvalue weighted by molar-refractivity contribution is 0.0138. The normalized spacial score (nSPS) is 15.1. The maximum atomic E-state index is 14.7. The number of aromatic nitrogens is 10. The lowest BCUT2D eigenvalue weighted by atomic mass is 10.0. The molecule has 18 nitrogen and oxygen atoms in total. The first-order valence-corrected chi connectivity index (χ1v) is 24.5. The summed E-state index contributed by atoms with van der Waals surface area (Å²) >= 11 is 0. The van der Waals surface area contributed by atoms with E-state index in [1.807, 2.05) is 93.6 Å². The van der Waals surface area contributed by atoms with E-state index < -0.39 is 17.5 Å². The monoisotopic (exact) mass is 998 g/mol. The molecule has 378 valence electrons. The molecule has 2 aliphatic heterocycles. The molecule has 0 atom stereocenters. The Hall–Kier alpha value is -8.33. The maximum Gasteiger partial charge on any atom is 0.410 e. The number of amides is 1. The van der Waals surface area contributed by atoms with Crippen molar-refractivity contribution in [1.82, 2.24) is 69.9 Å². The van der Waals surface area contributed by atoms with Crippen molar-refractivity contribution in [2.24, 2.45) is 0 Å². The van der Waals surface area contributed by atoms with E-state index >= 15 is 0 Å². The highest BCUT2D eigenvalue weighted by molar-refractivity contribution is 6.01. The number of nitrogens with zero attached hydrogens (tertiary/aromatic N) is 10.